The Hall–Kier alpha value is -4.41. The fourth-order valence-electron chi connectivity index (χ4n) is 5.03. The van der Waals surface area contributed by atoms with E-state index >= 15 is 0 Å². The van der Waals surface area contributed by atoms with Crippen LogP contribution in [-0.4, -0.2) is 85.1 Å². The first-order chi connectivity index (χ1) is 19.4. The van der Waals surface area contributed by atoms with E-state index in [1.807, 2.05) is 36.4 Å². The first kappa shape index (κ1) is 25.8. The summed E-state index contributed by atoms with van der Waals surface area (Å²) in [6.45, 7) is 4.16. The number of H-pyrrole nitrogens is 1. The molecule has 2 N–H and O–H groups in total. The SMILES string of the molecule is CN1CCN(CC(=O)N(C)c2ccc(N=C(c3ccc4c(c3)OCO4)c3c(O)[nH]c4cc(F)ccc34)cc2)CC1. The van der Waals surface area contributed by atoms with E-state index in [1.54, 1.807) is 24.1 Å². The lowest BCUT2D eigenvalue weighted by atomic mass is 10.00. The summed E-state index contributed by atoms with van der Waals surface area (Å²) >= 11 is 0. The van der Waals surface area contributed by atoms with Crippen LogP contribution in [0.15, 0.2) is 65.7 Å². The van der Waals surface area contributed by atoms with Gasteiger partial charge in [0.2, 0.25) is 12.7 Å². The van der Waals surface area contributed by atoms with E-state index in [2.05, 4.69) is 21.8 Å². The first-order valence-electron chi connectivity index (χ1n) is 13.1. The van der Waals surface area contributed by atoms with Crippen molar-refractivity contribution in [1.29, 1.82) is 0 Å². The molecule has 1 amide bonds. The number of aromatic nitrogens is 1. The summed E-state index contributed by atoms with van der Waals surface area (Å²) in [5.41, 5.74) is 3.43. The average molecular weight is 544 g/mol. The number of benzene rings is 3. The minimum Gasteiger partial charge on any atom is -0.494 e. The van der Waals surface area contributed by atoms with Crippen LogP contribution in [0.5, 0.6) is 17.4 Å². The number of aliphatic imine (C=N–C) groups is 1. The second-order valence-electron chi connectivity index (χ2n) is 10.1. The number of piperazine rings is 1. The molecule has 1 fully saturated rings. The zero-order valence-electron chi connectivity index (χ0n) is 22.4. The topological polar surface area (TPSA) is 93.6 Å². The molecule has 0 bridgehead atoms. The minimum absolute atomic E-state index is 0.0257. The number of likely N-dealkylation sites (N-methyl/N-ethyl adjacent to an activating group) is 2. The highest BCUT2D eigenvalue weighted by molar-refractivity contribution is 6.22. The molecule has 10 heteroatoms. The van der Waals surface area contributed by atoms with Gasteiger partial charge in [-0.3, -0.25) is 9.69 Å². The Bertz CT molecular complexity index is 1590. The predicted octanol–water partition coefficient (Wildman–Crippen LogP) is 4.12. The number of nitrogens with one attached hydrogen (secondary N) is 1. The van der Waals surface area contributed by atoms with Gasteiger partial charge < -0.3 is 29.4 Å². The molecule has 0 aliphatic carbocycles. The van der Waals surface area contributed by atoms with Gasteiger partial charge in [-0.25, -0.2) is 9.38 Å². The van der Waals surface area contributed by atoms with E-state index in [0.717, 1.165) is 31.9 Å². The molecule has 3 aromatic carbocycles. The number of carbonyl (C=O) groups excluding carboxylic acids is 1. The summed E-state index contributed by atoms with van der Waals surface area (Å²) in [4.78, 5) is 26.8. The van der Waals surface area contributed by atoms with Crippen molar-refractivity contribution < 1.29 is 23.8 Å². The molecule has 0 saturated carbocycles. The van der Waals surface area contributed by atoms with E-state index in [-0.39, 0.29) is 18.6 Å². The number of rotatable bonds is 6. The number of nitrogens with zero attached hydrogens (tertiary/aromatic N) is 4. The Morgan fingerprint density at radius 2 is 1.77 bits per heavy atom. The molecule has 6 rings (SSSR count). The van der Waals surface area contributed by atoms with Crippen LogP contribution in [-0.2, 0) is 4.79 Å². The van der Waals surface area contributed by atoms with E-state index in [0.29, 0.717) is 51.5 Å². The third-order valence-corrected chi connectivity index (χ3v) is 7.43. The number of amides is 1. The Kier molecular flexibility index (Phi) is 6.87. The molecule has 40 heavy (non-hydrogen) atoms. The predicted molar refractivity (Wildman–Crippen MR) is 152 cm³/mol. The maximum absolute atomic E-state index is 13.9. The van der Waals surface area contributed by atoms with Gasteiger partial charge in [-0.05, 0) is 67.7 Å². The molecule has 2 aliphatic rings. The zero-order valence-corrected chi connectivity index (χ0v) is 22.4. The Morgan fingerprint density at radius 3 is 2.55 bits per heavy atom. The lowest BCUT2D eigenvalue weighted by Gasteiger charge is -2.32. The monoisotopic (exact) mass is 543 g/mol. The van der Waals surface area contributed by atoms with E-state index in [4.69, 9.17) is 14.5 Å². The van der Waals surface area contributed by atoms with Gasteiger partial charge in [-0.2, -0.15) is 0 Å². The molecule has 3 heterocycles. The number of anilines is 1. The molecule has 0 atom stereocenters. The molecular formula is C30H30FN5O4. The minimum atomic E-state index is -0.413. The highest BCUT2D eigenvalue weighted by atomic mass is 19.1. The van der Waals surface area contributed by atoms with Crippen LogP contribution in [0.3, 0.4) is 0 Å². The standard InChI is InChI=1S/C30H30FN5O4/c1-34-11-13-36(14-12-34)17-27(37)35(2)22-7-5-21(6-8-22)32-29(19-3-10-25-26(15-19)40-18-39-25)28-23-9-4-20(31)16-24(23)33-30(28)38/h3-10,15-16,33,38H,11-14,17-18H2,1-2H3. The lowest BCUT2D eigenvalue weighted by molar-refractivity contribution is -0.119. The summed E-state index contributed by atoms with van der Waals surface area (Å²) < 4.78 is 24.9. The van der Waals surface area contributed by atoms with E-state index in [9.17, 15) is 14.3 Å². The third-order valence-electron chi connectivity index (χ3n) is 7.43. The second-order valence-corrected chi connectivity index (χ2v) is 10.1. The molecule has 1 saturated heterocycles. The van der Waals surface area contributed by atoms with Crippen LogP contribution in [0.2, 0.25) is 0 Å². The van der Waals surface area contributed by atoms with Crippen LogP contribution in [0.4, 0.5) is 15.8 Å². The molecule has 2 aliphatic heterocycles. The van der Waals surface area contributed by atoms with Gasteiger partial charge in [-0.15, -0.1) is 0 Å². The van der Waals surface area contributed by atoms with Gasteiger partial charge in [0.25, 0.3) is 0 Å². The Morgan fingerprint density at radius 1 is 1.02 bits per heavy atom. The zero-order chi connectivity index (χ0) is 27.8. The summed E-state index contributed by atoms with van der Waals surface area (Å²) in [7, 11) is 3.87. The number of ether oxygens (including phenoxy) is 2. The number of hydrogen-bond acceptors (Lipinski definition) is 7. The van der Waals surface area contributed by atoms with Crippen molar-refractivity contribution in [3.05, 3.63) is 77.6 Å². The van der Waals surface area contributed by atoms with Crippen LogP contribution in [0.25, 0.3) is 10.9 Å². The summed E-state index contributed by atoms with van der Waals surface area (Å²) in [5, 5.41) is 11.5. The molecule has 0 radical (unpaired) electrons. The third kappa shape index (κ3) is 5.11. The van der Waals surface area contributed by atoms with Crippen LogP contribution >= 0.6 is 0 Å². The van der Waals surface area contributed by atoms with Gasteiger partial charge in [0.1, 0.15) is 5.82 Å². The maximum Gasteiger partial charge on any atom is 0.240 e. The summed E-state index contributed by atoms with van der Waals surface area (Å²) in [6.07, 6.45) is 0. The highest BCUT2D eigenvalue weighted by Gasteiger charge is 2.23. The van der Waals surface area contributed by atoms with Crippen molar-refractivity contribution in [3.8, 4) is 17.4 Å². The van der Waals surface area contributed by atoms with Gasteiger partial charge in [-0.1, -0.05) is 0 Å². The summed E-state index contributed by atoms with van der Waals surface area (Å²) in [6, 6.07) is 17.1. The molecule has 9 nitrogen and oxygen atoms in total. The van der Waals surface area contributed by atoms with Crippen molar-refractivity contribution in [2.75, 3.05) is 58.5 Å². The molecule has 0 unspecified atom stereocenters. The van der Waals surface area contributed by atoms with Crippen molar-refractivity contribution in [3.63, 3.8) is 0 Å². The fourth-order valence-corrected chi connectivity index (χ4v) is 5.03. The largest absolute Gasteiger partial charge is 0.494 e. The fraction of sp³-hybridized carbons (Fsp3) is 0.267. The Balaban J connectivity index is 1.32. The van der Waals surface area contributed by atoms with Gasteiger partial charge in [0.05, 0.1) is 29.0 Å². The van der Waals surface area contributed by atoms with E-state index < -0.39 is 5.82 Å². The van der Waals surface area contributed by atoms with Crippen molar-refractivity contribution >= 4 is 33.9 Å². The number of aromatic amines is 1. The van der Waals surface area contributed by atoms with Crippen molar-refractivity contribution in [1.82, 2.24) is 14.8 Å². The number of hydrogen-bond donors (Lipinski definition) is 2. The quantitative estimate of drug-likeness (QED) is 0.356. The van der Waals surface area contributed by atoms with Gasteiger partial charge in [0.15, 0.2) is 17.4 Å². The lowest BCUT2D eigenvalue weighted by Crippen LogP contribution is -2.48. The number of halogens is 1. The van der Waals surface area contributed by atoms with Crippen molar-refractivity contribution in [2.24, 2.45) is 4.99 Å². The number of fused-ring (bicyclic) bond motifs is 2. The van der Waals surface area contributed by atoms with Gasteiger partial charge in [0, 0.05) is 49.9 Å². The van der Waals surface area contributed by atoms with Crippen LogP contribution in [0, 0.1) is 5.82 Å². The smallest absolute Gasteiger partial charge is 0.240 e. The second kappa shape index (κ2) is 10.6. The van der Waals surface area contributed by atoms with E-state index in [1.165, 1.54) is 12.1 Å². The number of aromatic hydroxyl groups is 1. The molecule has 206 valence electrons. The molecule has 4 aromatic rings. The highest BCUT2D eigenvalue weighted by Crippen LogP contribution is 2.37. The van der Waals surface area contributed by atoms with Crippen LogP contribution in [0.1, 0.15) is 11.1 Å². The molecule has 1 aromatic heterocycles. The first-order valence-corrected chi connectivity index (χ1v) is 13.1. The number of carbonyl (C=O) groups is 1. The average Bonchev–Trinajstić information content (AvgIpc) is 3.55. The van der Waals surface area contributed by atoms with Gasteiger partial charge >= 0.3 is 0 Å². The summed E-state index contributed by atoms with van der Waals surface area (Å²) in [5.74, 6) is 0.692. The normalized spacial score (nSPS) is 16.0. The maximum atomic E-state index is 13.9. The van der Waals surface area contributed by atoms with Crippen molar-refractivity contribution in [2.45, 2.75) is 0 Å². The molecule has 0 spiro atoms. The Labute approximate surface area is 231 Å². The van der Waals surface area contributed by atoms with Crippen LogP contribution < -0.4 is 14.4 Å². The molecular weight excluding hydrogens is 513 g/mol.